The van der Waals surface area contributed by atoms with E-state index in [2.05, 4.69) is 34.0 Å². The van der Waals surface area contributed by atoms with E-state index >= 15 is 0 Å². The predicted octanol–water partition coefficient (Wildman–Crippen LogP) is 3.51. The lowest BCUT2D eigenvalue weighted by atomic mass is 9.92. The molecule has 2 atom stereocenters. The van der Waals surface area contributed by atoms with E-state index < -0.39 is 0 Å². The molecular formula is C20H25FN4OS. The molecule has 1 amide bonds. The van der Waals surface area contributed by atoms with Crippen LogP contribution in [0.3, 0.4) is 0 Å². The summed E-state index contributed by atoms with van der Waals surface area (Å²) in [7, 11) is 0. The predicted molar refractivity (Wildman–Crippen MR) is 106 cm³/mol. The molecule has 7 heteroatoms. The van der Waals surface area contributed by atoms with Gasteiger partial charge in [-0.2, -0.15) is 0 Å². The van der Waals surface area contributed by atoms with Crippen LogP contribution in [0.1, 0.15) is 25.8 Å². The summed E-state index contributed by atoms with van der Waals surface area (Å²) in [5.41, 5.74) is 0.868. The number of anilines is 1. The van der Waals surface area contributed by atoms with Crippen LogP contribution in [0.5, 0.6) is 0 Å². The molecule has 2 aromatic rings. The van der Waals surface area contributed by atoms with Gasteiger partial charge in [0.05, 0.1) is 5.75 Å². The average molecular weight is 389 g/mol. The number of hydrogen-bond donors (Lipinski definition) is 1. The highest BCUT2D eigenvalue weighted by Gasteiger charge is 2.23. The van der Waals surface area contributed by atoms with Crippen LogP contribution in [0, 0.1) is 17.7 Å². The number of carbonyl (C=O) groups excluding carboxylic acids is 1. The number of carbonyl (C=O) groups is 1. The van der Waals surface area contributed by atoms with Crippen LogP contribution in [-0.4, -0.2) is 34.7 Å². The summed E-state index contributed by atoms with van der Waals surface area (Å²) in [5, 5.41) is 3.64. The number of halogens is 1. The molecule has 0 radical (unpaired) electrons. The summed E-state index contributed by atoms with van der Waals surface area (Å²) in [6.07, 6.45) is 2.81. The fourth-order valence-corrected chi connectivity index (χ4v) is 4.12. The summed E-state index contributed by atoms with van der Waals surface area (Å²) in [5.74, 6) is 2.15. The summed E-state index contributed by atoms with van der Waals surface area (Å²) >= 11 is 1.40. The molecule has 0 saturated carbocycles. The monoisotopic (exact) mass is 388 g/mol. The Balaban J connectivity index is 1.50. The second kappa shape index (κ2) is 9.17. The fraction of sp³-hybridized carbons (Fsp3) is 0.450. The van der Waals surface area contributed by atoms with E-state index in [1.165, 1.54) is 30.3 Å². The van der Waals surface area contributed by atoms with Crippen molar-refractivity contribution < 1.29 is 9.18 Å². The molecule has 1 aliphatic rings. The van der Waals surface area contributed by atoms with Crippen LogP contribution in [0.15, 0.2) is 41.7 Å². The normalized spacial score (nSPS) is 19.7. The first kappa shape index (κ1) is 19.6. The lowest BCUT2D eigenvalue weighted by molar-refractivity contribution is -0.118. The Kier molecular flexibility index (Phi) is 6.66. The van der Waals surface area contributed by atoms with E-state index in [1.807, 2.05) is 6.07 Å². The van der Waals surface area contributed by atoms with Gasteiger partial charge in [0.2, 0.25) is 5.91 Å². The highest BCUT2D eigenvalue weighted by molar-refractivity contribution is 7.99. The molecule has 1 fully saturated rings. The molecule has 5 nitrogen and oxygen atoms in total. The zero-order valence-electron chi connectivity index (χ0n) is 15.7. The van der Waals surface area contributed by atoms with Crippen LogP contribution in [0.4, 0.5) is 10.2 Å². The molecule has 1 aromatic heterocycles. The molecule has 1 N–H and O–H groups in total. The molecule has 0 spiro atoms. The van der Waals surface area contributed by atoms with Gasteiger partial charge in [-0.1, -0.05) is 37.7 Å². The molecule has 0 aliphatic carbocycles. The van der Waals surface area contributed by atoms with E-state index in [0.29, 0.717) is 18.4 Å². The number of piperidine rings is 1. The van der Waals surface area contributed by atoms with E-state index in [0.717, 1.165) is 29.5 Å². The summed E-state index contributed by atoms with van der Waals surface area (Å²) < 4.78 is 12.9. The smallest absolute Gasteiger partial charge is 0.230 e. The van der Waals surface area contributed by atoms with Crippen molar-refractivity contribution in [1.29, 1.82) is 0 Å². The number of nitrogens with one attached hydrogen (secondary N) is 1. The largest absolute Gasteiger partial charge is 0.356 e. The van der Waals surface area contributed by atoms with Crippen molar-refractivity contribution in [2.24, 2.45) is 11.8 Å². The van der Waals surface area contributed by atoms with Gasteiger partial charge in [-0.05, 0) is 36.0 Å². The van der Waals surface area contributed by atoms with Gasteiger partial charge >= 0.3 is 0 Å². The molecule has 1 saturated heterocycles. The quantitative estimate of drug-likeness (QED) is 0.606. The number of amides is 1. The zero-order valence-corrected chi connectivity index (χ0v) is 16.5. The number of benzene rings is 1. The van der Waals surface area contributed by atoms with Crippen molar-refractivity contribution >= 4 is 23.5 Å². The van der Waals surface area contributed by atoms with Gasteiger partial charge in [0.15, 0.2) is 0 Å². The first-order valence-electron chi connectivity index (χ1n) is 9.20. The van der Waals surface area contributed by atoms with Crippen molar-refractivity contribution in [2.75, 3.05) is 23.7 Å². The van der Waals surface area contributed by atoms with E-state index in [1.54, 1.807) is 18.5 Å². The van der Waals surface area contributed by atoms with Gasteiger partial charge in [0.1, 0.15) is 23.0 Å². The summed E-state index contributed by atoms with van der Waals surface area (Å²) in [6.45, 7) is 6.93. The standard InChI is InChI=1S/C20H25FN4OS/c1-14-7-15(2)11-25(10-14)18-8-20(24-13-23-18)27-12-19(26)22-9-16-3-5-17(21)6-4-16/h3-6,8,13-15H,7,9-12H2,1-2H3,(H,22,26). The third-order valence-electron chi connectivity index (χ3n) is 4.57. The van der Waals surface area contributed by atoms with Crippen LogP contribution < -0.4 is 10.2 Å². The maximum Gasteiger partial charge on any atom is 0.230 e. The first-order valence-corrected chi connectivity index (χ1v) is 10.2. The molecule has 3 rings (SSSR count). The minimum atomic E-state index is -0.280. The second-order valence-electron chi connectivity index (χ2n) is 7.26. The highest BCUT2D eigenvalue weighted by atomic mass is 32.2. The van der Waals surface area contributed by atoms with E-state index in [4.69, 9.17) is 0 Å². The van der Waals surface area contributed by atoms with Gasteiger partial charge in [0.25, 0.3) is 0 Å². The molecule has 27 heavy (non-hydrogen) atoms. The number of nitrogens with zero attached hydrogens (tertiary/aromatic N) is 3. The van der Waals surface area contributed by atoms with E-state index in [9.17, 15) is 9.18 Å². The van der Waals surface area contributed by atoms with Crippen molar-refractivity contribution in [3.8, 4) is 0 Å². The Morgan fingerprint density at radius 3 is 2.63 bits per heavy atom. The minimum absolute atomic E-state index is 0.0790. The lowest BCUT2D eigenvalue weighted by Crippen LogP contribution is -2.39. The van der Waals surface area contributed by atoms with Crippen molar-refractivity contribution in [1.82, 2.24) is 15.3 Å². The molecule has 1 aliphatic heterocycles. The SMILES string of the molecule is CC1CC(C)CN(c2cc(SCC(=O)NCc3ccc(F)cc3)ncn2)C1. The Bertz CT molecular complexity index is 761. The maximum atomic E-state index is 12.9. The Morgan fingerprint density at radius 2 is 1.93 bits per heavy atom. The third-order valence-corrected chi connectivity index (χ3v) is 5.50. The third kappa shape index (κ3) is 5.92. The number of hydrogen-bond acceptors (Lipinski definition) is 5. The maximum absolute atomic E-state index is 12.9. The molecule has 1 aromatic carbocycles. The fourth-order valence-electron chi connectivity index (χ4n) is 3.43. The molecule has 2 heterocycles. The van der Waals surface area contributed by atoms with E-state index in [-0.39, 0.29) is 17.5 Å². The van der Waals surface area contributed by atoms with Crippen LogP contribution in [0.25, 0.3) is 0 Å². The lowest BCUT2D eigenvalue weighted by Gasteiger charge is -2.35. The summed E-state index contributed by atoms with van der Waals surface area (Å²) in [6, 6.07) is 8.07. The highest BCUT2D eigenvalue weighted by Crippen LogP contribution is 2.26. The van der Waals surface area contributed by atoms with Crippen LogP contribution in [0.2, 0.25) is 0 Å². The zero-order chi connectivity index (χ0) is 19.2. The Labute approximate surface area is 163 Å². The van der Waals surface area contributed by atoms with Crippen molar-refractivity contribution in [3.63, 3.8) is 0 Å². The number of aromatic nitrogens is 2. The molecule has 2 unspecified atom stereocenters. The van der Waals surface area contributed by atoms with Gasteiger partial charge < -0.3 is 10.2 Å². The van der Waals surface area contributed by atoms with Gasteiger partial charge in [-0.15, -0.1) is 0 Å². The number of thioether (sulfide) groups is 1. The number of rotatable bonds is 6. The minimum Gasteiger partial charge on any atom is -0.356 e. The van der Waals surface area contributed by atoms with Crippen molar-refractivity contribution in [3.05, 3.63) is 48.0 Å². The molecular weight excluding hydrogens is 363 g/mol. The Morgan fingerprint density at radius 1 is 1.22 bits per heavy atom. The van der Waals surface area contributed by atoms with Crippen molar-refractivity contribution in [2.45, 2.75) is 31.8 Å². The van der Waals surface area contributed by atoms with Gasteiger partial charge in [-0.25, -0.2) is 14.4 Å². The van der Waals surface area contributed by atoms with Crippen LogP contribution >= 0.6 is 11.8 Å². The average Bonchev–Trinajstić information content (AvgIpc) is 2.65. The second-order valence-corrected chi connectivity index (χ2v) is 8.25. The topological polar surface area (TPSA) is 58.1 Å². The Hall–Kier alpha value is -2.15. The molecule has 0 bridgehead atoms. The van der Waals surface area contributed by atoms with Crippen LogP contribution in [-0.2, 0) is 11.3 Å². The van der Waals surface area contributed by atoms with Gasteiger partial charge in [0, 0.05) is 25.7 Å². The van der Waals surface area contributed by atoms with Gasteiger partial charge in [-0.3, -0.25) is 4.79 Å². The first-order chi connectivity index (χ1) is 13.0. The molecule has 144 valence electrons. The summed E-state index contributed by atoms with van der Waals surface area (Å²) in [4.78, 5) is 23.1.